The van der Waals surface area contributed by atoms with E-state index in [9.17, 15) is 5.11 Å². The van der Waals surface area contributed by atoms with Gasteiger partial charge in [-0.3, -0.25) is 4.98 Å². The van der Waals surface area contributed by atoms with Crippen LogP contribution < -0.4 is 5.32 Å². The second-order valence-electron chi connectivity index (χ2n) is 4.65. The summed E-state index contributed by atoms with van der Waals surface area (Å²) in [5.74, 6) is 0.671. The second-order valence-corrected chi connectivity index (χ2v) is 4.65. The minimum Gasteiger partial charge on any atom is -0.395 e. The molecule has 3 rings (SSSR count). The molecule has 3 aromatic rings. The molecule has 0 aromatic carbocycles. The van der Waals surface area contributed by atoms with E-state index < -0.39 is 0 Å². The third-order valence-electron chi connectivity index (χ3n) is 3.23. The number of nitrogens with zero attached hydrogens (tertiary/aromatic N) is 2. The maximum atomic E-state index is 9.27. The van der Waals surface area contributed by atoms with Crippen molar-refractivity contribution in [2.75, 3.05) is 18.5 Å². The zero-order valence-electron chi connectivity index (χ0n) is 11.4. The molecule has 6 nitrogen and oxygen atoms in total. The molecule has 0 unspecified atom stereocenters. The lowest BCUT2D eigenvalue weighted by molar-refractivity contribution is 0.282. The Morgan fingerprint density at radius 3 is 2.90 bits per heavy atom. The average molecular weight is 284 g/mol. The van der Waals surface area contributed by atoms with Crippen LogP contribution in [0, 0.1) is 0 Å². The van der Waals surface area contributed by atoms with Gasteiger partial charge in [-0.25, -0.2) is 4.98 Å². The number of aromatic nitrogens is 3. The highest BCUT2D eigenvalue weighted by atomic mass is 16.3. The van der Waals surface area contributed by atoms with Crippen LogP contribution in [0.1, 0.15) is 5.56 Å². The lowest BCUT2D eigenvalue weighted by Crippen LogP contribution is -2.07. The Kier molecular flexibility index (Phi) is 3.81. The van der Waals surface area contributed by atoms with Crippen molar-refractivity contribution in [1.29, 1.82) is 0 Å². The summed E-state index contributed by atoms with van der Waals surface area (Å²) < 4.78 is 0. The van der Waals surface area contributed by atoms with Crippen molar-refractivity contribution >= 4 is 16.9 Å². The van der Waals surface area contributed by atoms with Gasteiger partial charge in [0, 0.05) is 29.9 Å². The molecule has 0 radical (unpaired) electrons. The van der Waals surface area contributed by atoms with Crippen molar-refractivity contribution in [3.8, 4) is 11.3 Å². The van der Waals surface area contributed by atoms with Crippen LogP contribution in [0.15, 0.2) is 36.7 Å². The number of fused-ring (bicyclic) bond motifs is 1. The summed E-state index contributed by atoms with van der Waals surface area (Å²) in [5.41, 5.74) is 3.27. The van der Waals surface area contributed by atoms with Gasteiger partial charge in [0.2, 0.25) is 0 Å². The van der Waals surface area contributed by atoms with Crippen molar-refractivity contribution in [3.05, 3.63) is 42.2 Å². The first-order chi connectivity index (χ1) is 10.3. The van der Waals surface area contributed by atoms with Crippen LogP contribution in [0.2, 0.25) is 0 Å². The van der Waals surface area contributed by atoms with Gasteiger partial charge in [0.1, 0.15) is 11.5 Å². The zero-order chi connectivity index (χ0) is 14.7. The molecule has 6 heteroatoms. The van der Waals surface area contributed by atoms with Crippen molar-refractivity contribution in [3.63, 3.8) is 0 Å². The molecule has 108 valence electrons. The summed E-state index contributed by atoms with van der Waals surface area (Å²) in [7, 11) is 0. The van der Waals surface area contributed by atoms with Crippen LogP contribution in [-0.2, 0) is 6.61 Å². The highest BCUT2D eigenvalue weighted by Gasteiger charge is 2.10. The van der Waals surface area contributed by atoms with E-state index in [1.807, 2.05) is 24.4 Å². The predicted molar refractivity (Wildman–Crippen MR) is 80.8 cm³/mol. The van der Waals surface area contributed by atoms with Crippen molar-refractivity contribution < 1.29 is 10.2 Å². The average Bonchev–Trinajstić information content (AvgIpc) is 3.00. The van der Waals surface area contributed by atoms with E-state index in [-0.39, 0.29) is 13.2 Å². The molecule has 3 aromatic heterocycles. The maximum Gasteiger partial charge on any atom is 0.140 e. The number of aliphatic hydroxyl groups is 2. The summed E-state index contributed by atoms with van der Waals surface area (Å²) in [6.45, 7) is 0.452. The molecular formula is C15H16N4O2. The fraction of sp³-hybridized carbons (Fsp3) is 0.200. The number of nitrogens with one attached hydrogen (secondary N) is 2. The molecule has 4 N–H and O–H groups in total. The normalized spacial score (nSPS) is 11.0. The molecule has 0 bridgehead atoms. The standard InChI is InChI=1S/C15H16N4O2/c20-6-5-17-14-8-12(11-2-4-18-15(11)19-14)13-7-10(9-21)1-3-16-13/h1-4,7-8,20-21H,5-6,9H2,(H2,17,18,19). The van der Waals surface area contributed by atoms with Crippen LogP contribution in [-0.4, -0.2) is 38.3 Å². The van der Waals surface area contributed by atoms with Gasteiger partial charge in [-0.15, -0.1) is 0 Å². The highest BCUT2D eigenvalue weighted by Crippen LogP contribution is 2.28. The summed E-state index contributed by atoms with van der Waals surface area (Å²) in [4.78, 5) is 11.9. The van der Waals surface area contributed by atoms with Crippen LogP contribution in [0.5, 0.6) is 0 Å². The first-order valence-electron chi connectivity index (χ1n) is 6.71. The molecule has 21 heavy (non-hydrogen) atoms. The van der Waals surface area contributed by atoms with E-state index in [2.05, 4.69) is 20.3 Å². The minimum absolute atomic E-state index is 0.0213. The van der Waals surface area contributed by atoms with E-state index in [1.54, 1.807) is 12.3 Å². The smallest absolute Gasteiger partial charge is 0.140 e. The summed E-state index contributed by atoms with van der Waals surface area (Å²) in [6, 6.07) is 7.48. The van der Waals surface area contributed by atoms with Gasteiger partial charge >= 0.3 is 0 Å². The highest BCUT2D eigenvalue weighted by molar-refractivity contribution is 5.93. The molecule has 0 aliphatic heterocycles. The Labute approximate surface area is 121 Å². The Bertz CT molecular complexity index is 754. The van der Waals surface area contributed by atoms with Gasteiger partial charge in [0.15, 0.2) is 0 Å². The van der Waals surface area contributed by atoms with E-state index >= 15 is 0 Å². The van der Waals surface area contributed by atoms with E-state index in [0.717, 1.165) is 27.9 Å². The van der Waals surface area contributed by atoms with Crippen molar-refractivity contribution in [2.45, 2.75) is 6.61 Å². The molecule has 3 heterocycles. The molecule has 0 aliphatic rings. The molecule has 0 atom stereocenters. The van der Waals surface area contributed by atoms with Crippen LogP contribution in [0.3, 0.4) is 0 Å². The number of anilines is 1. The van der Waals surface area contributed by atoms with Crippen LogP contribution in [0.25, 0.3) is 22.3 Å². The number of aliphatic hydroxyl groups excluding tert-OH is 2. The third kappa shape index (κ3) is 2.72. The third-order valence-corrected chi connectivity index (χ3v) is 3.23. The number of H-pyrrole nitrogens is 1. The molecule has 0 spiro atoms. The molecule has 0 saturated carbocycles. The van der Waals surface area contributed by atoms with Gasteiger partial charge in [0.25, 0.3) is 0 Å². The van der Waals surface area contributed by atoms with Crippen molar-refractivity contribution in [1.82, 2.24) is 15.0 Å². The van der Waals surface area contributed by atoms with Gasteiger partial charge in [-0.1, -0.05) is 0 Å². The van der Waals surface area contributed by atoms with Gasteiger partial charge < -0.3 is 20.5 Å². The molecular weight excluding hydrogens is 268 g/mol. The topological polar surface area (TPSA) is 94.1 Å². The van der Waals surface area contributed by atoms with Gasteiger partial charge in [-0.05, 0) is 29.8 Å². The predicted octanol–water partition coefficient (Wildman–Crippen LogP) is 1.52. The van der Waals surface area contributed by atoms with Gasteiger partial charge in [0.05, 0.1) is 18.9 Å². The lowest BCUT2D eigenvalue weighted by Gasteiger charge is -2.09. The van der Waals surface area contributed by atoms with Crippen LogP contribution in [0.4, 0.5) is 5.82 Å². The Morgan fingerprint density at radius 1 is 1.19 bits per heavy atom. The molecule has 0 fully saturated rings. The van der Waals surface area contributed by atoms with Crippen molar-refractivity contribution in [2.24, 2.45) is 0 Å². The Balaban J connectivity index is 2.12. The number of hydrogen-bond acceptors (Lipinski definition) is 5. The summed E-state index contributed by atoms with van der Waals surface area (Å²) in [6.07, 6.45) is 3.51. The monoisotopic (exact) mass is 284 g/mol. The summed E-state index contributed by atoms with van der Waals surface area (Å²) in [5, 5.41) is 22.2. The maximum absolute atomic E-state index is 9.27. The number of aromatic amines is 1. The molecule has 0 saturated heterocycles. The number of hydrogen-bond donors (Lipinski definition) is 4. The second kappa shape index (κ2) is 5.90. The lowest BCUT2D eigenvalue weighted by atomic mass is 10.1. The van der Waals surface area contributed by atoms with E-state index in [0.29, 0.717) is 12.4 Å². The van der Waals surface area contributed by atoms with E-state index in [1.165, 1.54) is 0 Å². The fourth-order valence-electron chi connectivity index (χ4n) is 2.24. The molecule has 0 amide bonds. The number of rotatable bonds is 5. The Hall–Kier alpha value is -2.44. The first kappa shape index (κ1) is 13.5. The minimum atomic E-state index is -0.0213. The first-order valence-corrected chi connectivity index (χ1v) is 6.71. The van der Waals surface area contributed by atoms with Crippen LogP contribution >= 0.6 is 0 Å². The quantitative estimate of drug-likeness (QED) is 0.570. The summed E-state index contributed by atoms with van der Waals surface area (Å²) >= 11 is 0. The number of pyridine rings is 2. The largest absolute Gasteiger partial charge is 0.395 e. The van der Waals surface area contributed by atoms with E-state index in [4.69, 9.17) is 5.11 Å². The fourth-order valence-corrected chi connectivity index (χ4v) is 2.24. The molecule has 0 aliphatic carbocycles. The SMILES string of the molecule is OCCNc1cc(-c2cc(CO)ccn2)c2cc[nH]c2n1. The van der Waals surface area contributed by atoms with Gasteiger partial charge in [-0.2, -0.15) is 0 Å². The Morgan fingerprint density at radius 2 is 2.10 bits per heavy atom. The zero-order valence-corrected chi connectivity index (χ0v) is 11.4.